The highest BCUT2D eigenvalue weighted by Gasteiger charge is 2.15. The second kappa shape index (κ2) is 5.09. The van der Waals surface area contributed by atoms with Gasteiger partial charge in [0, 0.05) is 11.8 Å². The fourth-order valence-corrected chi connectivity index (χ4v) is 1.20. The summed E-state index contributed by atoms with van der Waals surface area (Å²) in [5.41, 5.74) is 0.190. The SMILES string of the molecule is O=C(Nc1cccc(F)c1)C(=O)Nc1ccon1. The highest BCUT2D eigenvalue weighted by molar-refractivity contribution is 6.43. The molecule has 0 bridgehead atoms. The molecule has 0 saturated heterocycles. The van der Waals surface area contributed by atoms with Crippen LogP contribution in [0.1, 0.15) is 0 Å². The highest BCUT2D eigenvalue weighted by atomic mass is 19.1. The van der Waals surface area contributed by atoms with Crippen LogP contribution in [-0.2, 0) is 9.59 Å². The molecule has 18 heavy (non-hydrogen) atoms. The largest absolute Gasteiger partial charge is 0.363 e. The Bertz CT molecular complexity index is 569. The number of nitrogens with zero attached hydrogens (tertiary/aromatic N) is 1. The number of halogens is 1. The van der Waals surface area contributed by atoms with E-state index in [-0.39, 0.29) is 11.5 Å². The summed E-state index contributed by atoms with van der Waals surface area (Å²) >= 11 is 0. The van der Waals surface area contributed by atoms with Crippen molar-refractivity contribution in [2.45, 2.75) is 0 Å². The van der Waals surface area contributed by atoms with Crippen molar-refractivity contribution in [3.63, 3.8) is 0 Å². The normalized spacial score (nSPS) is 9.83. The van der Waals surface area contributed by atoms with Crippen LogP contribution in [0.3, 0.4) is 0 Å². The number of hydrogen-bond donors (Lipinski definition) is 2. The number of rotatable bonds is 2. The second-order valence-electron chi connectivity index (χ2n) is 3.30. The van der Waals surface area contributed by atoms with Crippen LogP contribution in [0.4, 0.5) is 15.9 Å². The monoisotopic (exact) mass is 249 g/mol. The Morgan fingerprint density at radius 1 is 1.17 bits per heavy atom. The predicted octanol–water partition coefficient (Wildman–Crippen LogP) is 1.39. The third-order valence-electron chi connectivity index (χ3n) is 1.97. The van der Waals surface area contributed by atoms with E-state index < -0.39 is 17.6 Å². The van der Waals surface area contributed by atoms with Gasteiger partial charge in [-0.2, -0.15) is 0 Å². The van der Waals surface area contributed by atoms with Crippen molar-refractivity contribution in [3.8, 4) is 0 Å². The highest BCUT2D eigenvalue weighted by Crippen LogP contribution is 2.09. The molecule has 92 valence electrons. The lowest BCUT2D eigenvalue weighted by Gasteiger charge is -2.04. The summed E-state index contributed by atoms with van der Waals surface area (Å²) in [4.78, 5) is 22.8. The molecule has 0 fully saturated rings. The first-order valence-corrected chi connectivity index (χ1v) is 4.93. The van der Waals surface area contributed by atoms with E-state index in [1.807, 2.05) is 0 Å². The Kier molecular flexibility index (Phi) is 3.33. The van der Waals surface area contributed by atoms with Gasteiger partial charge in [0.05, 0.1) is 0 Å². The summed E-state index contributed by atoms with van der Waals surface area (Å²) in [7, 11) is 0. The second-order valence-corrected chi connectivity index (χ2v) is 3.30. The molecule has 0 radical (unpaired) electrons. The predicted molar refractivity (Wildman–Crippen MR) is 60.2 cm³/mol. The third kappa shape index (κ3) is 2.91. The van der Waals surface area contributed by atoms with E-state index in [1.54, 1.807) is 0 Å². The van der Waals surface area contributed by atoms with Gasteiger partial charge in [-0.3, -0.25) is 14.9 Å². The maximum atomic E-state index is 12.8. The van der Waals surface area contributed by atoms with Crippen molar-refractivity contribution in [1.29, 1.82) is 0 Å². The molecule has 0 saturated carbocycles. The molecule has 2 rings (SSSR count). The Morgan fingerprint density at radius 2 is 1.94 bits per heavy atom. The van der Waals surface area contributed by atoms with Gasteiger partial charge in [-0.1, -0.05) is 11.2 Å². The smallest absolute Gasteiger partial charge is 0.315 e. The van der Waals surface area contributed by atoms with E-state index in [1.165, 1.54) is 30.5 Å². The van der Waals surface area contributed by atoms with Gasteiger partial charge in [0.2, 0.25) is 0 Å². The number of carbonyl (C=O) groups excluding carboxylic acids is 2. The fourth-order valence-electron chi connectivity index (χ4n) is 1.20. The van der Waals surface area contributed by atoms with Crippen LogP contribution in [0.5, 0.6) is 0 Å². The van der Waals surface area contributed by atoms with E-state index in [9.17, 15) is 14.0 Å². The summed E-state index contributed by atoms with van der Waals surface area (Å²) in [6, 6.07) is 6.59. The van der Waals surface area contributed by atoms with E-state index in [0.29, 0.717) is 0 Å². The lowest BCUT2D eigenvalue weighted by Crippen LogP contribution is -2.29. The van der Waals surface area contributed by atoms with Crippen molar-refractivity contribution in [1.82, 2.24) is 5.16 Å². The minimum Gasteiger partial charge on any atom is -0.363 e. The standard InChI is InChI=1S/C11H8FN3O3/c12-7-2-1-3-8(6-7)13-10(16)11(17)14-9-4-5-18-15-9/h1-6H,(H,13,16)(H,14,15,17). The van der Waals surface area contributed by atoms with Crippen LogP contribution in [0.25, 0.3) is 0 Å². The fraction of sp³-hybridized carbons (Fsp3) is 0. The van der Waals surface area contributed by atoms with Crippen molar-refractivity contribution < 1.29 is 18.5 Å². The summed E-state index contributed by atoms with van der Waals surface area (Å²) in [5, 5.41) is 7.87. The lowest BCUT2D eigenvalue weighted by atomic mass is 10.3. The summed E-state index contributed by atoms with van der Waals surface area (Å²) in [6.45, 7) is 0. The quantitative estimate of drug-likeness (QED) is 0.788. The molecule has 0 atom stereocenters. The van der Waals surface area contributed by atoms with Crippen molar-refractivity contribution in [2.24, 2.45) is 0 Å². The van der Waals surface area contributed by atoms with Gasteiger partial charge in [0.1, 0.15) is 12.1 Å². The van der Waals surface area contributed by atoms with E-state index in [4.69, 9.17) is 0 Å². The molecule has 0 aliphatic rings. The molecule has 0 spiro atoms. The van der Waals surface area contributed by atoms with Crippen LogP contribution in [0, 0.1) is 5.82 Å². The van der Waals surface area contributed by atoms with Gasteiger partial charge in [0.25, 0.3) is 0 Å². The van der Waals surface area contributed by atoms with Gasteiger partial charge in [0.15, 0.2) is 5.82 Å². The molecule has 2 amide bonds. The molecular weight excluding hydrogens is 241 g/mol. The molecule has 0 unspecified atom stereocenters. The van der Waals surface area contributed by atoms with Crippen LogP contribution in [0.15, 0.2) is 41.1 Å². The van der Waals surface area contributed by atoms with Gasteiger partial charge in [-0.25, -0.2) is 4.39 Å². The first-order valence-electron chi connectivity index (χ1n) is 4.93. The Labute approximate surface area is 101 Å². The van der Waals surface area contributed by atoms with Crippen molar-refractivity contribution >= 4 is 23.3 Å². The molecule has 1 heterocycles. The minimum atomic E-state index is -0.927. The maximum Gasteiger partial charge on any atom is 0.315 e. The van der Waals surface area contributed by atoms with Gasteiger partial charge in [-0.05, 0) is 18.2 Å². The summed E-state index contributed by atoms with van der Waals surface area (Å²) in [5.74, 6) is -2.24. The molecule has 1 aromatic carbocycles. The first-order chi connectivity index (χ1) is 8.65. The number of aromatic nitrogens is 1. The number of anilines is 2. The van der Waals surface area contributed by atoms with Crippen LogP contribution in [-0.4, -0.2) is 17.0 Å². The number of nitrogens with one attached hydrogen (secondary N) is 2. The molecule has 0 aliphatic carbocycles. The lowest BCUT2D eigenvalue weighted by molar-refractivity contribution is -0.133. The number of amides is 2. The molecule has 1 aromatic heterocycles. The Balaban J connectivity index is 1.97. The third-order valence-corrected chi connectivity index (χ3v) is 1.97. The Morgan fingerprint density at radius 3 is 2.61 bits per heavy atom. The maximum absolute atomic E-state index is 12.8. The topological polar surface area (TPSA) is 84.2 Å². The molecule has 2 N–H and O–H groups in total. The molecule has 7 heteroatoms. The van der Waals surface area contributed by atoms with Crippen LogP contribution >= 0.6 is 0 Å². The van der Waals surface area contributed by atoms with Crippen LogP contribution < -0.4 is 10.6 Å². The Hall–Kier alpha value is -2.70. The number of benzene rings is 1. The zero-order valence-corrected chi connectivity index (χ0v) is 9.01. The van der Waals surface area contributed by atoms with Crippen molar-refractivity contribution in [2.75, 3.05) is 10.6 Å². The molecule has 2 aromatic rings. The zero-order valence-electron chi connectivity index (χ0n) is 9.01. The van der Waals surface area contributed by atoms with Crippen LogP contribution in [0.2, 0.25) is 0 Å². The average molecular weight is 249 g/mol. The van der Waals surface area contributed by atoms with E-state index >= 15 is 0 Å². The molecule has 6 nitrogen and oxygen atoms in total. The summed E-state index contributed by atoms with van der Waals surface area (Å²) < 4.78 is 17.3. The van der Waals surface area contributed by atoms with Crippen molar-refractivity contribution in [3.05, 3.63) is 42.4 Å². The average Bonchev–Trinajstić information content (AvgIpc) is 2.81. The van der Waals surface area contributed by atoms with Gasteiger partial charge < -0.3 is 9.84 Å². The van der Waals surface area contributed by atoms with Gasteiger partial charge >= 0.3 is 11.8 Å². The van der Waals surface area contributed by atoms with E-state index in [0.717, 1.165) is 6.07 Å². The number of carbonyl (C=O) groups is 2. The molecule has 0 aliphatic heterocycles. The number of hydrogen-bond acceptors (Lipinski definition) is 4. The van der Waals surface area contributed by atoms with Gasteiger partial charge in [-0.15, -0.1) is 0 Å². The first kappa shape index (κ1) is 11.8. The summed E-state index contributed by atoms with van der Waals surface area (Å²) in [6.07, 6.45) is 1.25. The molecular formula is C11H8FN3O3. The van der Waals surface area contributed by atoms with E-state index in [2.05, 4.69) is 20.3 Å². The zero-order chi connectivity index (χ0) is 13.0. The minimum absolute atomic E-state index is 0.120.